The first-order valence-electron chi connectivity index (χ1n) is 11.6. The maximum Gasteiger partial charge on any atom is 0.119 e. The van der Waals surface area contributed by atoms with Gasteiger partial charge in [-0.1, -0.05) is 91.3 Å². The van der Waals surface area contributed by atoms with E-state index >= 15 is 0 Å². The molecule has 1 aliphatic rings. The highest BCUT2D eigenvalue weighted by Gasteiger charge is 2.27. The molecule has 0 heterocycles. The molecule has 5 rings (SSSR count). The van der Waals surface area contributed by atoms with Gasteiger partial charge in [0.25, 0.3) is 0 Å². The number of ether oxygens (including phenoxy) is 1. The molecular formula is C31H28O2. The lowest BCUT2D eigenvalue weighted by atomic mass is 9.73. The minimum absolute atomic E-state index is 0.285. The van der Waals surface area contributed by atoms with Gasteiger partial charge in [-0.15, -0.1) is 0 Å². The molecule has 2 heteroatoms. The lowest BCUT2D eigenvalue weighted by molar-refractivity contribution is 0.306. The second-order valence-corrected chi connectivity index (χ2v) is 8.63. The first-order valence-corrected chi connectivity index (χ1v) is 11.6. The van der Waals surface area contributed by atoms with Crippen LogP contribution in [0.4, 0.5) is 0 Å². The third kappa shape index (κ3) is 4.85. The van der Waals surface area contributed by atoms with Gasteiger partial charge in [0, 0.05) is 0 Å². The summed E-state index contributed by atoms with van der Waals surface area (Å²) in [4.78, 5) is 0. The van der Waals surface area contributed by atoms with E-state index in [9.17, 15) is 5.11 Å². The summed E-state index contributed by atoms with van der Waals surface area (Å²) in [6.45, 7) is 0.554. The molecule has 1 fully saturated rings. The Morgan fingerprint density at radius 2 is 1.24 bits per heavy atom. The zero-order valence-electron chi connectivity index (χ0n) is 18.7. The molecule has 0 unspecified atom stereocenters. The Kier molecular flexibility index (Phi) is 6.25. The highest BCUT2D eigenvalue weighted by atomic mass is 16.5. The SMILES string of the molecule is Oc1ccc(/C(=C(\c2ccccc2)C2CCC2)c2ccc(OCc3ccccc3)cc2)cc1. The van der Waals surface area contributed by atoms with Crippen molar-refractivity contribution in [2.24, 2.45) is 5.92 Å². The van der Waals surface area contributed by atoms with Gasteiger partial charge in [0.05, 0.1) is 0 Å². The van der Waals surface area contributed by atoms with Crippen LogP contribution >= 0.6 is 0 Å². The summed E-state index contributed by atoms with van der Waals surface area (Å²) in [6, 6.07) is 37.0. The molecule has 0 radical (unpaired) electrons. The number of benzene rings is 4. The van der Waals surface area contributed by atoms with Crippen LogP contribution in [0.1, 0.15) is 41.5 Å². The summed E-state index contributed by atoms with van der Waals surface area (Å²) in [5.41, 5.74) is 7.35. The van der Waals surface area contributed by atoms with Crippen molar-refractivity contribution in [1.29, 1.82) is 0 Å². The Bertz CT molecular complexity index is 1200. The zero-order valence-corrected chi connectivity index (χ0v) is 18.7. The van der Waals surface area contributed by atoms with Crippen molar-refractivity contribution in [3.63, 3.8) is 0 Å². The third-order valence-corrected chi connectivity index (χ3v) is 6.41. The maximum absolute atomic E-state index is 9.89. The van der Waals surface area contributed by atoms with E-state index in [1.54, 1.807) is 12.1 Å². The standard InChI is InChI=1S/C31H28O2/c32-28-18-14-26(15-19-28)31(30(25-12-7-13-25)24-10-5-2-6-11-24)27-16-20-29(21-17-27)33-22-23-8-3-1-4-9-23/h1-6,8-11,14-21,25,32H,7,12-13,22H2/b31-30-. The molecule has 4 aromatic rings. The summed E-state index contributed by atoms with van der Waals surface area (Å²) in [6.07, 6.45) is 3.70. The van der Waals surface area contributed by atoms with E-state index in [0.29, 0.717) is 12.5 Å². The van der Waals surface area contributed by atoms with Crippen LogP contribution in [-0.2, 0) is 6.61 Å². The average molecular weight is 433 g/mol. The van der Waals surface area contributed by atoms with Gasteiger partial charge >= 0.3 is 0 Å². The van der Waals surface area contributed by atoms with E-state index in [0.717, 1.165) is 16.9 Å². The molecule has 0 amide bonds. The number of phenols is 1. The highest BCUT2D eigenvalue weighted by Crippen LogP contribution is 2.45. The van der Waals surface area contributed by atoms with Crippen LogP contribution < -0.4 is 4.74 Å². The molecule has 0 aliphatic heterocycles. The van der Waals surface area contributed by atoms with Gasteiger partial charge in [0.2, 0.25) is 0 Å². The third-order valence-electron chi connectivity index (χ3n) is 6.41. The normalized spacial score (nSPS) is 14.3. The van der Waals surface area contributed by atoms with Gasteiger partial charge in [-0.3, -0.25) is 0 Å². The molecule has 1 N–H and O–H groups in total. The van der Waals surface area contributed by atoms with Gasteiger partial charge in [0.15, 0.2) is 0 Å². The van der Waals surface area contributed by atoms with Crippen molar-refractivity contribution in [2.75, 3.05) is 0 Å². The summed E-state index contributed by atoms with van der Waals surface area (Å²) < 4.78 is 6.02. The van der Waals surface area contributed by atoms with E-state index in [1.807, 2.05) is 30.3 Å². The molecule has 4 aromatic carbocycles. The number of aromatic hydroxyl groups is 1. The Hall–Kier alpha value is -3.78. The van der Waals surface area contributed by atoms with Crippen LogP contribution in [0.25, 0.3) is 11.1 Å². The van der Waals surface area contributed by atoms with Crippen molar-refractivity contribution in [3.05, 3.63) is 131 Å². The molecule has 0 spiro atoms. The summed E-state index contributed by atoms with van der Waals surface area (Å²) >= 11 is 0. The smallest absolute Gasteiger partial charge is 0.119 e. The van der Waals surface area contributed by atoms with E-state index in [4.69, 9.17) is 4.74 Å². The second kappa shape index (κ2) is 9.79. The lowest BCUT2D eigenvalue weighted by Gasteiger charge is -2.31. The number of phenolic OH excluding ortho intramolecular Hbond substituents is 1. The fraction of sp³-hybridized carbons (Fsp3) is 0.161. The number of rotatable bonds is 7. The number of allylic oxidation sites excluding steroid dienone is 1. The molecule has 1 saturated carbocycles. The van der Waals surface area contributed by atoms with Crippen LogP contribution in [0.2, 0.25) is 0 Å². The fourth-order valence-corrected chi connectivity index (χ4v) is 4.46. The highest BCUT2D eigenvalue weighted by molar-refractivity contribution is 5.99. The number of hydrogen-bond acceptors (Lipinski definition) is 2. The Balaban J connectivity index is 1.54. The molecule has 164 valence electrons. The molecule has 0 aromatic heterocycles. The van der Waals surface area contributed by atoms with Crippen LogP contribution in [0.5, 0.6) is 11.5 Å². The van der Waals surface area contributed by atoms with Crippen LogP contribution in [-0.4, -0.2) is 5.11 Å². The molecule has 1 aliphatic carbocycles. The van der Waals surface area contributed by atoms with Crippen LogP contribution in [0, 0.1) is 5.92 Å². The van der Waals surface area contributed by atoms with Gasteiger partial charge < -0.3 is 9.84 Å². The molecule has 0 bridgehead atoms. The van der Waals surface area contributed by atoms with Gasteiger partial charge in [-0.05, 0) is 76.4 Å². The first-order chi connectivity index (χ1) is 16.3. The predicted octanol–water partition coefficient (Wildman–Crippen LogP) is 7.73. The number of hydrogen-bond donors (Lipinski definition) is 1. The second-order valence-electron chi connectivity index (χ2n) is 8.63. The fourth-order valence-electron chi connectivity index (χ4n) is 4.46. The average Bonchev–Trinajstić information content (AvgIpc) is 2.84. The van der Waals surface area contributed by atoms with Crippen LogP contribution in [0.15, 0.2) is 109 Å². The van der Waals surface area contributed by atoms with Crippen molar-refractivity contribution < 1.29 is 9.84 Å². The minimum Gasteiger partial charge on any atom is -0.508 e. The Morgan fingerprint density at radius 3 is 1.82 bits per heavy atom. The monoisotopic (exact) mass is 432 g/mol. The van der Waals surface area contributed by atoms with Crippen molar-refractivity contribution in [1.82, 2.24) is 0 Å². The summed E-state index contributed by atoms with van der Waals surface area (Å²) in [5.74, 6) is 1.69. The van der Waals surface area contributed by atoms with E-state index in [2.05, 4.69) is 66.7 Å². The maximum atomic E-state index is 9.89. The van der Waals surface area contributed by atoms with Crippen molar-refractivity contribution in [2.45, 2.75) is 25.9 Å². The molecule has 0 saturated heterocycles. The van der Waals surface area contributed by atoms with E-state index < -0.39 is 0 Å². The molecule has 33 heavy (non-hydrogen) atoms. The van der Waals surface area contributed by atoms with Gasteiger partial charge in [-0.25, -0.2) is 0 Å². The predicted molar refractivity (Wildman–Crippen MR) is 135 cm³/mol. The van der Waals surface area contributed by atoms with E-state index in [-0.39, 0.29) is 5.75 Å². The van der Waals surface area contributed by atoms with Gasteiger partial charge in [0.1, 0.15) is 18.1 Å². The quantitative estimate of drug-likeness (QED) is 0.303. The summed E-state index contributed by atoms with van der Waals surface area (Å²) in [5, 5.41) is 9.89. The lowest BCUT2D eigenvalue weighted by Crippen LogP contribution is -2.15. The topological polar surface area (TPSA) is 29.5 Å². The molecule has 2 nitrogen and oxygen atoms in total. The minimum atomic E-state index is 0.285. The summed E-state index contributed by atoms with van der Waals surface area (Å²) in [7, 11) is 0. The van der Waals surface area contributed by atoms with Crippen molar-refractivity contribution >= 4 is 11.1 Å². The molecular weight excluding hydrogens is 404 g/mol. The van der Waals surface area contributed by atoms with E-state index in [1.165, 1.54) is 41.5 Å². The van der Waals surface area contributed by atoms with Crippen molar-refractivity contribution in [3.8, 4) is 11.5 Å². The Labute approximate surface area is 195 Å². The van der Waals surface area contributed by atoms with Crippen LogP contribution in [0.3, 0.4) is 0 Å². The zero-order chi connectivity index (χ0) is 22.5. The first kappa shape index (κ1) is 21.1. The Morgan fingerprint density at radius 1 is 0.667 bits per heavy atom. The van der Waals surface area contributed by atoms with Gasteiger partial charge in [-0.2, -0.15) is 0 Å². The molecule has 0 atom stereocenters. The largest absolute Gasteiger partial charge is 0.508 e.